The van der Waals surface area contributed by atoms with Crippen LogP contribution in [0.25, 0.3) is 5.57 Å². The van der Waals surface area contributed by atoms with Crippen molar-refractivity contribution in [3.8, 4) is 0 Å². The van der Waals surface area contributed by atoms with Gasteiger partial charge in [-0.15, -0.1) is 0 Å². The average molecular weight is 340 g/mol. The summed E-state index contributed by atoms with van der Waals surface area (Å²) in [5, 5.41) is 0. The minimum absolute atomic E-state index is 0.0226. The van der Waals surface area contributed by atoms with E-state index in [1.165, 1.54) is 11.3 Å². The van der Waals surface area contributed by atoms with Crippen LogP contribution in [0.5, 0.6) is 0 Å². The van der Waals surface area contributed by atoms with Crippen molar-refractivity contribution < 1.29 is 14.3 Å². The van der Waals surface area contributed by atoms with Gasteiger partial charge < -0.3 is 9.64 Å². The van der Waals surface area contributed by atoms with E-state index in [1.807, 2.05) is 30.3 Å². The maximum atomic E-state index is 13.1. The summed E-state index contributed by atoms with van der Waals surface area (Å²) < 4.78 is 5.65. The number of imide groups is 1. The highest BCUT2D eigenvalue weighted by Crippen LogP contribution is 2.33. The molecular weight excluding hydrogens is 316 g/mol. The van der Waals surface area contributed by atoms with Crippen LogP contribution in [0.2, 0.25) is 0 Å². The lowest BCUT2D eigenvalue weighted by Crippen LogP contribution is -2.40. The summed E-state index contributed by atoms with van der Waals surface area (Å²) in [6, 6.07) is 9.59. The van der Waals surface area contributed by atoms with E-state index in [-0.39, 0.29) is 17.9 Å². The minimum Gasteiger partial charge on any atom is -0.376 e. The van der Waals surface area contributed by atoms with Crippen molar-refractivity contribution in [1.82, 2.24) is 9.80 Å². The molecule has 132 valence electrons. The van der Waals surface area contributed by atoms with E-state index in [9.17, 15) is 9.59 Å². The zero-order valence-corrected chi connectivity index (χ0v) is 14.4. The third-order valence-electron chi connectivity index (χ3n) is 5.29. The lowest BCUT2D eigenvalue weighted by Gasteiger charge is -2.30. The molecule has 1 aromatic rings. The number of carbonyl (C=O) groups excluding carboxylic acids is 2. The number of piperidine rings is 1. The molecule has 5 nitrogen and oxygen atoms in total. The van der Waals surface area contributed by atoms with E-state index >= 15 is 0 Å². The molecule has 0 aliphatic carbocycles. The van der Waals surface area contributed by atoms with Crippen molar-refractivity contribution in [2.45, 2.75) is 38.2 Å². The summed E-state index contributed by atoms with van der Waals surface area (Å²) >= 11 is 0. The Labute approximate surface area is 148 Å². The van der Waals surface area contributed by atoms with Gasteiger partial charge >= 0.3 is 0 Å². The van der Waals surface area contributed by atoms with Gasteiger partial charge in [-0.05, 0) is 37.7 Å². The predicted molar refractivity (Wildman–Crippen MR) is 94.5 cm³/mol. The van der Waals surface area contributed by atoms with E-state index < -0.39 is 0 Å². The largest absolute Gasteiger partial charge is 0.376 e. The number of ether oxygens (including phenoxy) is 1. The fourth-order valence-corrected chi connectivity index (χ4v) is 4.00. The van der Waals surface area contributed by atoms with Crippen molar-refractivity contribution in [3.63, 3.8) is 0 Å². The van der Waals surface area contributed by atoms with Crippen LogP contribution in [0.15, 0.2) is 36.0 Å². The standard InChI is InChI=1S/C20H24N2O3/c23-19-17(15-8-3-1-4-9-15)18(21-11-5-2-6-12-21)20(24)22(19)14-16-10-7-13-25-16/h1,3-4,8-9,16H,2,5-7,10-14H2. The summed E-state index contributed by atoms with van der Waals surface area (Å²) in [7, 11) is 0. The normalized spacial score (nSPS) is 24.6. The number of carbonyl (C=O) groups is 2. The molecule has 1 atom stereocenters. The Kier molecular flexibility index (Phi) is 4.57. The Morgan fingerprint density at radius 1 is 0.960 bits per heavy atom. The first-order valence-corrected chi connectivity index (χ1v) is 9.28. The molecule has 3 heterocycles. The predicted octanol–water partition coefficient (Wildman–Crippen LogP) is 2.43. The molecule has 2 amide bonds. The van der Waals surface area contributed by atoms with Crippen LogP contribution in [0, 0.1) is 0 Å². The van der Waals surface area contributed by atoms with Gasteiger partial charge in [0.1, 0.15) is 5.70 Å². The molecule has 0 N–H and O–H groups in total. The van der Waals surface area contributed by atoms with Crippen LogP contribution in [0.1, 0.15) is 37.7 Å². The first-order chi connectivity index (χ1) is 12.3. The van der Waals surface area contributed by atoms with E-state index in [4.69, 9.17) is 4.74 Å². The van der Waals surface area contributed by atoms with E-state index in [1.54, 1.807) is 0 Å². The summed E-state index contributed by atoms with van der Waals surface area (Å²) in [6.07, 6.45) is 5.21. The number of amides is 2. The van der Waals surface area contributed by atoms with E-state index in [0.717, 1.165) is 50.9 Å². The van der Waals surface area contributed by atoms with Gasteiger partial charge in [0, 0.05) is 19.7 Å². The fourth-order valence-electron chi connectivity index (χ4n) is 4.00. The Morgan fingerprint density at radius 3 is 2.40 bits per heavy atom. The summed E-state index contributed by atoms with van der Waals surface area (Å²) in [5.41, 5.74) is 1.98. The molecule has 0 spiro atoms. The fraction of sp³-hybridized carbons (Fsp3) is 0.500. The first-order valence-electron chi connectivity index (χ1n) is 9.28. The number of benzene rings is 1. The van der Waals surface area contributed by atoms with Crippen LogP contribution in [0.3, 0.4) is 0 Å². The van der Waals surface area contributed by atoms with Crippen molar-refractivity contribution in [2.24, 2.45) is 0 Å². The molecule has 3 aliphatic heterocycles. The summed E-state index contributed by atoms with van der Waals surface area (Å²) in [5.74, 6) is -0.325. The van der Waals surface area contributed by atoms with Gasteiger partial charge in [0.2, 0.25) is 0 Å². The monoisotopic (exact) mass is 340 g/mol. The van der Waals surface area contributed by atoms with Crippen molar-refractivity contribution in [3.05, 3.63) is 41.6 Å². The van der Waals surface area contributed by atoms with Gasteiger partial charge in [-0.2, -0.15) is 0 Å². The average Bonchev–Trinajstić information content (AvgIpc) is 3.25. The van der Waals surface area contributed by atoms with Gasteiger partial charge in [0.25, 0.3) is 11.8 Å². The topological polar surface area (TPSA) is 49.9 Å². The number of hydrogen-bond acceptors (Lipinski definition) is 4. The lowest BCUT2D eigenvalue weighted by atomic mass is 10.0. The SMILES string of the molecule is O=C1C(c2ccccc2)=C(N2CCCCC2)C(=O)N1CC1CCCO1. The third-order valence-corrected chi connectivity index (χ3v) is 5.29. The second-order valence-corrected chi connectivity index (χ2v) is 6.99. The molecule has 0 saturated carbocycles. The Bertz CT molecular complexity index is 686. The number of nitrogens with zero attached hydrogens (tertiary/aromatic N) is 2. The van der Waals surface area contributed by atoms with Crippen LogP contribution < -0.4 is 0 Å². The molecule has 0 bridgehead atoms. The maximum absolute atomic E-state index is 13.1. The highest BCUT2D eigenvalue weighted by Gasteiger charge is 2.42. The Hall–Kier alpha value is -2.14. The molecule has 5 heteroatoms. The first kappa shape index (κ1) is 16.3. The quantitative estimate of drug-likeness (QED) is 0.790. The smallest absolute Gasteiger partial charge is 0.277 e. The number of hydrogen-bond donors (Lipinski definition) is 0. The lowest BCUT2D eigenvalue weighted by molar-refractivity contribution is -0.139. The van der Waals surface area contributed by atoms with Crippen molar-refractivity contribution >= 4 is 17.4 Å². The van der Waals surface area contributed by atoms with Crippen molar-refractivity contribution in [1.29, 1.82) is 0 Å². The molecular formula is C20H24N2O3. The molecule has 0 aromatic heterocycles. The zero-order chi connectivity index (χ0) is 17.2. The molecule has 3 aliphatic rings. The van der Waals surface area contributed by atoms with E-state index in [0.29, 0.717) is 17.8 Å². The highest BCUT2D eigenvalue weighted by molar-refractivity contribution is 6.35. The molecule has 4 rings (SSSR count). The molecule has 1 aromatic carbocycles. The van der Waals surface area contributed by atoms with Gasteiger partial charge in [0.05, 0.1) is 18.2 Å². The zero-order valence-electron chi connectivity index (χ0n) is 14.4. The highest BCUT2D eigenvalue weighted by atomic mass is 16.5. The molecule has 1 unspecified atom stereocenters. The number of rotatable bonds is 4. The molecule has 0 radical (unpaired) electrons. The Morgan fingerprint density at radius 2 is 1.72 bits per heavy atom. The van der Waals surface area contributed by atoms with Gasteiger partial charge in [-0.3, -0.25) is 14.5 Å². The molecule has 2 fully saturated rings. The van der Waals surface area contributed by atoms with Gasteiger partial charge in [-0.25, -0.2) is 0 Å². The summed E-state index contributed by atoms with van der Waals surface area (Å²) in [6.45, 7) is 2.78. The van der Waals surface area contributed by atoms with Crippen LogP contribution in [0.4, 0.5) is 0 Å². The minimum atomic E-state index is -0.174. The third kappa shape index (κ3) is 3.09. The molecule has 25 heavy (non-hydrogen) atoms. The number of likely N-dealkylation sites (tertiary alicyclic amines) is 1. The molecule has 2 saturated heterocycles. The van der Waals surface area contributed by atoms with E-state index in [2.05, 4.69) is 4.90 Å². The van der Waals surface area contributed by atoms with Gasteiger partial charge in [-0.1, -0.05) is 30.3 Å². The maximum Gasteiger partial charge on any atom is 0.277 e. The van der Waals surface area contributed by atoms with Crippen LogP contribution in [-0.4, -0.2) is 54.0 Å². The van der Waals surface area contributed by atoms with Crippen molar-refractivity contribution in [2.75, 3.05) is 26.2 Å². The van der Waals surface area contributed by atoms with Crippen LogP contribution >= 0.6 is 0 Å². The Balaban J connectivity index is 1.69. The summed E-state index contributed by atoms with van der Waals surface area (Å²) in [4.78, 5) is 29.8. The van der Waals surface area contributed by atoms with Gasteiger partial charge in [0.15, 0.2) is 0 Å². The second kappa shape index (κ2) is 7.00. The van der Waals surface area contributed by atoms with Crippen LogP contribution in [-0.2, 0) is 14.3 Å². The second-order valence-electron chi connectivity index (χ2n) is 6.99.